The standard InChI is InChI=1S/C14H21ClN2O2/c1-10(16)13-7-11(15)3-4-14(13)19-9-12-8-17(2)5-6-18-12/h3-4,7,10,12H,5-6,8-9,16H2,1-2H3. The van der Waals surface area contributed by atoms with Crippen molar-refractivity contribution in [3.8, 4) is 5.75 Å². The zero-order valence-corrected chi connectivity index (χ0v) is 12.2. The predicted molar refractivity (Wildman–Crippen MR) is 76.8 cm³/mol. The van der Waals surface area contributed by atoms with E-state index in [9.17, 15) is 0 Å². The van der Waals surface area contributed by atoms with Crippen molar-refractivity contribution in [1.82, 2.24) is 4.90 Å². The van der Waals surface area contributed by atoms with Gasteiger partial charge in [-0.25, -0.2) is 0 Å². The summed E-state index contributed by atoms with van der Waals surface area (Å²) < 4.78 is 11.5. The van der Waals surface area contributed by atoms with E-state index in [1.807, 2.05) is 25.1 Å². The molecule has 19 heavy (non-hydrogen) atoms. The van der Waals surface area contributed by atoms with Gasteiger partial charge in [0.05, 0.1) is 6.61 Å². The lowest BCUT2D eigenvalue weighted by molar-refractivity contribution is -0.0405. The molecule has 0 spiro atoms. The Labute approximate surface area is 119 Å². The lowest BCUT2D eigenvalue weighted by Crippen LogP contribution is -2.42. The van der Waals surface area contributed by atoms with Crippen molar-refractivity contribution in [2.75, 3.05) is 33.4 Å². The first-order valence-electron chi connectivity index (χ1n) is 6.54. The van der Waals surface area contributed by atoms with Gasteiger partial charge in [0.25, 0.3) is 0 Å². The zero-order chi connectivity index (χ0) is 13.8. The minimum atomic E-state index is -0.108. The maximum atomic E-state index is 5.99. The number of morpholine rings is 1. The van der Waals surface area contributed by atoms with Crippen LogP contribution < -0.4 is 10.5 Å². The topological polar surface area (TPSA) is 47.7 Å². The number of ether oxygens (including phenoxy) is 2. The molecule has 0 radical (unpaired) electrons. The van der Waals surface area contributed by atoms with Crippen LogP contribution in [0.15, 0.2) is 18.2 Å². The fraction of sp³-hybridized carbons (Fsp3) is 0.571. The van der Waals surface area contributed by atoms with Crippen LogP contribution in [0.4, 0.5) is 0 Å². The van der Waals surface area contributed by atoms with Gasteiger partial charge in [-0.05, 0) is 32.2 Å². The third-order valence-electron chi connectivity index (χ3n) is 3.23. The molecule has 0 aromatic heterocycles. The molecule has 1 aliphatic heterocycles. The Kier molecular flexibility index (Phi) is 5.05. The first kappa shape index (κ1) is 14.6. The second-order valence-electron chi connectivity index (χ2n) is 5.04. The fourth-order valence-electron chi connectivity index (χ4n) is 2.16. The number of rotatable bonds is 4. The Bertz CT molecular complexity index is 426. The molecule has 1 aliphatic rings. The van der Waals surface area contributed by atoms with Crippen LogP contribution in [0.2, 0.25) is 5.02 Å². The van der Waals surface area contributed by atoms with E-state index in [1.165, 1.54) is 0 Å². The molecule has 1 aromatic rings. The summed E-state index contributed by atoms with van der Waals surface area (Å²) in [6.07, 6.45) is 0.107. The van der Waals surface area contributed by atoms with Gasteiger partial charge in [-0.15, -0.1) is 0 Å². The molecular weight excluding hydrogens is 264 g/mol. The Balaban J connectivity index is 1.99. The second-order valence-corrected chi connectivity index (χ2v) is 5.47. The van der Waals surface area contributed by atoms with Gasteiger partial charge in [0.2, 0.25) is 0 Å². The number of benzene rings is 1. The van der Waals surface area contributed by atoms with E-state index in [-0.39, 0.29) is 12.1 Å². The average Bonchev–Trinajstić information content (AvgIpc) is 2.37. The van der Waals surface area contributed by atoms with E-state index >= 15 is 0 Å². The molecule has 2 unspecified atom stereocenters. The molecule has 2 N–H and O–H groups in total. The summed E-state index contributed by atoms with van der Waals surface area (Å²) in [6.45, 7) is 5.07. The van der Waals surface area contributed by atoms with Gasteiger partial charge in [0, 0.05) is 29.7 Å². The number of halogens is 1. The molecule has 0 amide bonds. The summed E-state index contributed by atoms with van der Waals surface area (Å²) in [4.78, 5) is 2.24. The first-order valence-corrected chi connectivity index (χ1v) is 6.92. The summed E-state index contributed by atoms with van der Waals surface area (Å²) in [5.74, 6) is 0.788. The van der Waals surface area contributed by atoms with Crippen LogP contribution in [0.25, 0.3) is 0 Å². The van der Waals surface area contributed by atoms with Crippen molar-refractivity contribution in [3.63, 3.8) is 0 Å². The van der Waals surface area contributed by atoms with E-state index in [0.29, 0.717) is 11.6 Å². The quantitative estimate of drug-likeness (QED) is 0.919. The molecule has 1 aromatic carbocycles. The summed E-state index contributed by atoms with van der Waals surface area (Å²) >= 11 is 5.99. The average molecular weight is 285 g/mol. The van der Waals surface area contributed by atoms with Crippen molar-refractivity contribution in [1.29, 1.82) is 0 Å². The molecular formula is C14H21ClN2O2. The van der Waals surface area contributed by atoms with Crippen LogP contribution in [-0.4, -0.2) is 44.4 Å². The first-order chi connectivity index (χ1) is 9.06. The van der Waals surface area contributed by atoms with Crippen LogP contribution in [0.1, 0.15) is 18.5 Å². The number of nitrogens with two attached hydrogens (primary N) is 1. The molecule has 2 rings (SSSR count). The summed E-state index contributed by atoms with van der Waals surface area (Å²) in [5, 5.41) is 0.674. The van der Waals surface area contributed by atoms with Crippen LogP contribution in [-0.2, 0) is 4.74 Å². The van der Waals surface area contributed by atoms with E-state index in [0.717, 1.165) is 31.0 Å². The molecule has 0 saturated carbocycles. The highest BCUT2D eigenvalue weighted by Gasteiger charge is 2.19. The van der Waals surface area contributed by atoms with Crippen molar-refractivity contribution in [3.05, 3.63) is 28.8 Å². The van der Waals surface area contributed by atoms with Crippen LogP contribution in [0.5, 0.6) is 5.75 Å². The Morgan fingerprint density at radius 2 is 2.37 bits per heavy atom. The van der Waals surface area contributed by atoms with E-state index in [2.05, 4.69) is 11.9 Å². The fourth-order valence-corrected chi connectivity index (χ4v) is 2.34. The van der Waals surface area contributed by atoms with Gasteiger partial charge in [-0.3, -0.25) is 0 Å². The lowest BCUT2D eigenvalue weighted by atomic mass is 10.1. The van der Waals surface area contributed by atoms with Gasteiger partial charge in [-0.1, -0.05) is 11.6 Å². The SMILES string of the molecule is CC(N)c1cc(Cl)ccc1OCC1CN(C)CCO1. The number of hydrogen-bond donors (Lipinski definition) is 1. The summed E-state index contributed by atoms with van der Waals surface area (Å²) in [6, 6.07) is 5.43. The number of likely N-dealkylation sites (N-methyl/N-ethyl adjacent to an activating group) is 1. The van der Waals surface area contributed by atoms with Crippen molar-refractivity contribution in [2.24, 2.45) is 5.73 Å². The van der Waals surface area contributed by atoms with Crippen LogP contribution in [0, 0.1) is 0 Å². The molecule has 1 fully saturated rings. The minimum Gasteiger partial charge on any atom is -0.490 e. The van der Waals surface area contributed by atoms with Crippen LogP contribution in [0.3, 0.4) is 0 Å². The summed E-state index contributed by atoms with van der Waals surface area (Å²) in [7, 11) is 2.09. The molecule has 1 saturated heterocycles. The molecule has 4 nitrogen and oxygen atoms in total. The Hall–Kier alpha value is -0.810. The number of nitrogens with zero attached hydrogens (tertiary/aromatic N) is 1. The molecule has 106 valence electrons. The van der Waals surface area contributed by atoms with E-state index in [4.69, 9.17) is 26.8 Å². The van der Waals surface area contributed by atoms with Gasteiger partial charge in [-0.2, -0.15) is 0 Å². The van der Waals surface area contributed by atoms with Crippen LogP contribution >= 0.6 is 11.6 Å². The Morgan fingerprint density at radius 3 is 3.05 bits per heavy atom. The molecule has 2 atom stereocenters. The monoisotopic (exact) mass is 284 g/mol. The third-order valence-corrected chi connectivity index (χ3v) is 3.46. The number of hydrogen-bond acceptors (Lipinski definition) is 4. The smallest absolute Gasteiger partial charge is 0.124 e. The normalized spacial score (nSPS) is 22.2. The van der Waals surface area contributed by atoms with E-state index in [1.54, 1.807) is 0 Å². The lowest BCUT2D eigenvalue weighted by Gasteiger charge is -2.30. The predicted octanol–water partition coefficient (Wildman–Crippen LogP) is 2.07. The second kappa shape index (κ2) is 6.57. The van der Waals surface area contributed by atoms with Gasteiger partial charge < -0.3 is 20.1 Å². The van der Waals surface area contributed by atoms with E-state index < -0.39 is 0 Å². The highest BCUT2D eigenvalue weighted by Crippen LogP contribution is 2.27. The molecule has 0 bridgehead atoms. The highest BCUT2D eigenvalue weighted by molar-refractivity contribution is 6.30. The minimum absolute atomic E-state index is 0.107. The highest BCUT2D eigenvalue weighted by atomic mass is 35.5. The van der Waals surface area contributed by atoms with Crippen molar-refractivity contribution >= 4 is 11.6 Å². The molecule has 5 heteroatoms. The molecule has 0 aliphatic carbocycles. The van der Waals surface area contributed by atoms with Crippen molar-refractivity contribution in [2.45, 2.75) is 19.1 Å². The van der Waals surface area contributed by atoms with Gasteiger partial charge >= 0.3 is 0 Å². The van der Waals surface area contributed by atoms with Crippen molar-refractivity contribution < 1.29 is 9.47 Å². The maximum absolute atomic E-state index is 5.99. The van der Waals surface area contributed by atoms with Gasteiger partial charge in [0.15, 0.2) is 0 Å². The Morgan fingerprint density at radius 1 is 1.58 bits per heavy atom. The zero-order valence-electron chi connectivity index (χ0n) is 11.4. The largest absolute Gasteiger partial charge is 0.490 e. The van der Waals surface area contributed by atoms with Gasteiger partial charge in [0.1, 0.15) is 18.5 Å². The molecule has 1 heterocycles. The summed E-state index contributed by atoms with van der Waals surface area (Å²) in [5.41, 5.74) is 6.86. The maximum Gasteiger partial charge on any atom is 0.124 e. The third kappa shape index (κ3) is 4.08.